The zero-order valence-corrected chi connectivity index (χ0v) is 11.8. The second kappa shape index (κ2) is 6.30. The molecular weight excluding hydrogens is 286 g/mol. The lowest BCUT2D eigenvalue weighted by Gasteiger charge is -2.34. The lowest BCUT2D eigenvalue weighted by Crippen LogP contribution is -2.47. The van der Waals surface area contributed by atoms with Crippen LogP contribution >= 0.6 is 23.4 Å². The minimum Gasteiger partial charge on any atom is -0.481 e. The maximum atomic E-state index is 12.5. The van der Waals surface area contributed by atoms with Gasteiger partial charge in [-0.15, -0.1) is 0 Å². The Labute approximate surface area is 120 Å². The van der Waals surface area contributed by atoms with Crippen LogP contribution in [0.15, 0.2) is 24.3 Å². The van der Waals surface area contributed by atoms with Gasteiger partial charge in [-0.1, -0.05) is 23.7 Å². The molecule has 0 spiro atoms. The van der Waals surface area contributed by atoms with Gasteiger partial charge in [0.15, 0.2) is 0 Å². The van der Waals surface area contributed by atoms with Crippen molar-refractivity contribution in [1.82, 2.24) is 4.90 Å². The fraction of sp³-hybridized carbons (Fsp3) is 0.385. The van der Waals surface area contributed by atoms with Gasteiger partial charge in [0.25, 0.3) is 5.91 Å². The normalized spacial score (nSPS) is 19.2. The largest absolute Gasteiger partial charge is 0.481 e. The molecule has 1 fully saturated rings. The van der Waals surface area contributed by atoms with E-state index in [1.807, 2.05) is 0 Å². The number of thioether (sulfide) groups is 1. The Balaban J connectivity index is 2.20. The van der Waals surface area contributed by atoms with E-state index in [-0.39, 0.29) is 18.4 Å². The van der Waals surface area contributed by atoms with Crippen LogP contribution in [0.3, 0.4) is 0 Å². The molecule has 0 radical (unpaired) electrons. The number of halogens is 1. The van der Waals surface area contributed by atoms with Crippen LogP contribution in [0.2, 0.25) is 5.02 Å². The van der Waals surface area contributed by atoms with Crippen molar-refractivity contribution >= 4 is 35.2 Å². The number of hydrogen-bond donors (Lipinski definition) is 1. The number of nitrogens with zero attached hydrogens (tertiary/aromatic N) is 1. The van der Waals surface area contributed by atoms with Gasteiger partial charge in [-0.2, -0.15) is 11.8 Å². The van der Waals surface area contributed by atoms with Crippen molar-refractivity contribution < 1.29 is 14.7 Å². The van der Waals surface area contributed by atoms with E-state index < -0.39 is 5.97 Å². The molecule has 1 atom stereocenters. The number of benzene rings is 1. The molecule has 19 heavy (non-hydrogen) atoms. The molecule has 4 nitrogen and oxygen atoms in total. The molecule has 1 amide bonds. The Kier molecular flexibility index (Phi) is 4.71. The summed E-state index contributed by atoms with van der Waals surface area (Å²) in [7, 11) is 0. The second-order valence-corrected chi connectivity index (χ2v) is 5.86. The first kappa shape index (κ1) is 14.2. The van der Waals surface area contributed by atoms with Gasteiger partial charge in [-0.25, -0.2) is 0 Å². The molecule has 6 heteroatoms. The highest BCUT2D eigenvalue weighted by Gasteiger charge is 2.30. The molecule has 1 aromatic rings. The van der Waals surface area contributed by atoms with Crippen molar-refractivity contribution in [3.05, 3.63) is 34.9 Å². The van der Waals surface area contributed by atoms with E-state index in [9.17, 15) is 9.59 Å². The van der Waals surface area contributed by atoms with Gasteiger partial charge in [-0.3, -0.25) is 9.59 Å². The first-order valence-corrected chi connectivity index (χ1v) is 7.48. The number of carboxylic acid groups (broad SMARTS) is 1. The summed E-state index contributed by atoms with van der Waals surface area (Å²) >= 11 is 7.70. The number of carbonyl (C=O) groups is 2. The van der Waals surface area contributed by atoms with E-state index in [0.29, 0.717) is 22.9 Å². The van der Waals surface area contributed by atoms with Crippen molar-refractivity contribution in [1.29, 1.82) is 0 Å². The van der Waals surface area contributed by atoms with Crippen LogP contribution in [0.5, 0.6) is 0 Å². The molecule has 1 aromatic carbocycles. The summed E-state index contributed by atoms with van der Waals surface area (Å²) in [5.41, 5.74) is 0.437. The highest BCUT2D eigenvalue weighted by molar-refractivity contribution is 7.99. The molecule has 0 aromatic heterocycles. The monoisotopic (exact) mass is 299 g/mol. The fourth-order valence-electron chi connectivity index (χ4n) is 2.08. The Morgan fingerprint density at radius 2 is 2.16 bits per heavy atom. The zero-order chi connectivity index (χ0) is 13.8. The predicted molar refractivity (Wildman–Crippen MR) is 75.9 cm³/mol. The maximum Gasteiger partial charge on any atom is 0.305 e. The third-order valence-corrected chi connectivity index (χ3v) is 4.42. The molecule has 1 aliphatic rings. The van der Waals surface area contributed by atoms with Crippen molar-refractivity contribution in [2.45, 2.75) is 12.5 Å². The molecule has 1 saturated heterocycles. The number of carbonyl (C=O) groups excluding carboxylic acids is 1. The van der Waals surface area contributed by atoms with E-state index in [4.69, 9.17) is 16.7 Å². The van der Waals surface area contributed by atoms with Crippen molar-refractivity contribution in [3.63, 3.8) is 0 Å². The summed E-state index contributed by atoms with van der Waals surface area (Å²) in [6, 6.07) is 6.59. The highest BCUT2D eigenvalue weighted by Crippen LogP contribution is 2.24. The highest BCUT2D eigenvalue weighted by atomic mass is 35.5. The van der Waals surface area contributed by atoms with E-state index in [1.54, 1.807) is 40.9 Å². The van der Waals surface area contributed by atoms with Crippen LogP contribution in [0.25, 0.3) is 0 Å². The molecular formula is C13H14ClNO3S. The number of carboxylic acids is 1. The first-order chi connectivity index (χ1) is 9.09. The number of rotatable bonds is 3. The third-order valence-electron chi connectivity index (χ3n) is 3.00. The molecule has 1 N–H and O–H groups in total. The first-order valence-electron chi connectivity index (χ1n) is 5.94. The minimum absolute atomic E-state index is 0.0246. The van der Waals surface area contributed by atoms with Crippen LogP contribution in [0.4, 0.5) is 0 Å². The summed E-state index contributed by atoms with van der Waals surface area (Å²) in [6.45, 7) is 0.562. The second-order valence-electron chi connectivity index (χ2n) is 4.30. The fourth-order valence-corrected chi connectivity index (χ4v) is 3.36. The van der Waals surface area contributed by atoms with E-state index in [1.165, 1.54) is 0 Å². The van der Waals surface area contributed by atoms with Gasteiger partial charge in [0.05, 0.1) is 23.0 Å². The Morgan fingerprint density at radius 3 is 2.84 bits per heavy atom. The Bertz CT molecular complexity index is 495. The lowest BCUT2D eigenvalue weighted by molar-refractivity contribution is -0.138. The van der Waals surface area contributed by atoms with Crippen molar-refractivity contribution in [3.8, 4) is 0 Å². The van der Waals surface area contributed by atoms with Crippen LogP contribution in [-0.2, 0) is 4.79 Å². The van der Waals surface area contributed by atoms with Gasteiger partial charge in [-0.05, 0) is 12.1 Å². The van der Waals surface area contributed by atoms with E-state index >= 15 is 0 Å². The number of aliphatic carboxylic acids is 1. The molecule has 1 aliphatic heterocycles. The summed E-state index contributed by atoms with van der Waals surface area (Å²) in [5.74, 6) is 0.413. The molecule has 0 aliphatic carbocycles. The average Bonchev–Trinajstić information content (AvgIpc) is 2.38. The Hall–Kier alpha value is -1.20. The average molecular weight is 300 g/mol. The summed E-state index contributed by atoms with van der Waals surface area (Å²) in [6.07, 6.45) is -0.0246. The number of amides is 1. The smallest absolute Gasteiger partial charge is 0.305 e. The van der Waals surface area contributed by atoms with Crippen molar-refractivity contribution in [2.24, 2.45) is 0 Å². The van der Waals surface area contributed by atoms with Crippen LogP contribution in [0.1, 0.15) is 16.8 Å². The zero-order valence-electron chi connectivity index (χ0n) is 10.2. The van der Waals surface area contributed by atoms with Gasteiger partial charge < -0.3 is 10.0 Å². The summed E-state index contributed by atoms with van der Waals surface area (Å²) in [5, 5.41) is 9.32. The van der Waals surface area contributed by atoms with Crippen LogP contribution < -0.4 is 0 Å². The van der Waals surface area contributed by atoms with Gasteiger partial charge in [0, 0.05) is 18.1 Å². The quantitative estimate of drug-likeness (QED) is 0.931. The summed E-state index contributed by atoms with van der Waals surface area (Å²) < 4.78 is 0. The summed E-state index contributed by atoms with van der Waals surface area (Å²) in [4.78, 5) is 24.9. The molecule has 0 bridgehead atoms. The van der Waals surface area contributed by atoms with Gasteiger partial charge in [0.1, 0.15) is 0 Å². The SMILES string of the molecule is O=C(O)CC1CSCCN1C(=O)c1ccccc1Cl. The van der Waals surface area contributed by atoms with Gasteiger partial charge in [0.2, 0.25) is 0 Å². The Morgan fingerprint density at radius 1 is 1.42 bits per heavy atom. The maximum absolute atomic E-state index is 12.5. The molecule has 102 valence electrons. The van der Waals surface area contributed by atoms with Crippen LogP contribution in [-0.4, -0.2) is 46.0 Å². The molecule has 2 rings (SSSR count). The predicted octanol–water partition coefficient (Wildman–Crippen LogP) is 2.37. The third kappa shape index (κ3) is 3.42. The molecule has 1 heterocycles. The minimum atomic E-state index is -0.885. The molecule has 1 unspecified atom stereocenters. The van der Waals surface area contributed by atoms with Gasteiger partial charge >= 0.3 is 5.97 Å². The van der Waals surface area contributed by atoms with Crippen molar-refractivity contribution in [2.75, 3.05) is 18.1 Å². The van der Waals surface area contributed by atoms with E-state index in [0.717, 1.165) is 5.75 Å². The van der Waals surface area contributed by atoms with E-state index in [2.05, 4.69) is 0 Å². The van der Waals surface area contributed by atoms with Crippen LogP contribution in [0, 0.1) is 0 Å². The lowest BCUT2D eigenvalue weighted by atomic mass is 10.1. The topological polar surface area (TPSA) is 57.6 Å². The standard InChI is InChI=1S/C13H14ClNO3S/c14-11-4-2-1-3-10(11)13(18)15-5-6-19-8-9(15)7-12(16)17/h1-4,9H,5-8H2,(H,16,17). The molecule has 0 saturated carbocycles. The number of hydrogen-bond acceptors (Lipinski definition) is 3.